The maximum Gasteiger partial charge on any atom is 0.261 e. The molecule has 2 aromatic rings. The third-order valence-corrected chi connectivity index (χ3v) is 6.30. The number of hydrogen-bond acceptors (Lipinski definition) is 5. The highest BCUT2D eigenvalue weighted by Gasteiger charge is 2.22. The smallest absolute Gasteiger partial charge is 0.261 e. The van der Waals surface area contributed by atoms with Gasteiger partial charge in [-0.05, 0) is 37.8 Å². The van der Waals surface area contributed by atoms with Gasteiger partial charge in [0.05, 0.1) is 17.5 Å². The first-order chi connectivity index (χ1) is 12.3. The van der Waals surface area contributed by atoms with Gasteiger partial charge in [-0.25, -0.2) is 0 Å². The largest absolute Gasteiger partial charge is 0.373 e. The Morgan fingerprint density at radius 2 is 2.12 bits per heavy atom. The SMILES string of the molecule is O=C(NCc1nncn1C1CCCCC1)c1ccc([C@H]2CCCO2)s1. The molecule has 2 aliphatic rings. The molecule has 1 saturated heterocycles. The second-order valence-electron chi connectivity index (χ2n) is 6.83. The molecule has 1 N–H and O–H groups in total. The van der Waals surface area contributed by atoms with E-state index in [-0.39, 0.29) is 12.0 Å². The Labute approximate surface area is 151 Å². The maximum atomic E-state index is 12.5. The molecule has 6 nitrogen and oxygen atoms in total. The number of carbonyl (C=O) groups is 1. The minimum Gasteiger partial charge on any atom is -0.373 e. The van der Waals surface area contributed by atoms with Crippen molar-refractivity contribution in [1.29, 1.82) is 0 Å². The lowest BCUT2D eigenvalue weighted by atomic mass is 9.95. The summed E-state index contributed by atoms with van der Waals surface area (Å²) in [5, 5.41) is 11.3. The van der Waals surface area contributed by atoms with Gasteiger partial charge in [0.15, 0.2) is 5.82 Å². The van der Waals surface area contributed by atoms with Crippen LogP contribution < -0.4 is 5.32 Å². The van der Waals surface area contributed by atoms with Crippen molar-refractivity contribution < 1.29 is 9.53 Å². The number of rotatable bonds is 5. The molecule has 2 aromatic heterocycles. The summed E-state index contributed by atoms with van der Waals surface area (Å²) < 4.78 is 7.84. The minimum absolute atomic E-state index is 0.0487. The number of amides is 1. The van der Waals surface area contributed by atoms with Crippen molar-refractivity contribution in [2.75, 3.05) is 6.61 Å². The molecule has 1 aliphatic heterocycles. The lowest BCUT2D eigenvalue weighted by molar-refractivity contribution is 0.0953. The first kappa shape index (κ1) is 16.7. The van der Waals surface area contributed by atoms with Crippen LogP contribution in [0.2, 0.25) is 0 Å². The molecule has 1 atom stereocenters. The van der Waals surface area contributed by atoms with E-state index in [0.29, 0.717) is 12.6 Å². The molecular weight excluding hydrogens is 336 g/mol. The monoisotopic (exact) mass is 360 g/mol. The van der Waals surface area contributed by atoms with Gasteiger partial charge in [0.25, 0.3) is 5.91 Å². The fraction of sp³-hybridized carbons (Fsp3) is 0.611. The minimum atomic E-state index is -0.0487. The van der Waals surface area contributed by atoms with Crippen molar-refractivity contribution in [3.8, 4) is 0 Å². The summed E-state index contributed by atoms with van der Waals surface area (Å²) in [4.78, 5) is 14.3. The Kier molecular flexibility index (Phi) is 5.12. The maximum absolute atomic E-state index is 12.5. The first-order valence-electron chi connectivity index (χ1n) is 9.19. The Morgan fingerprint density at radius 3 is 2.92 bits per heavy atom. The van der Waals surface area contributed by atoms with Crippen LogP contribution in [0.15, 0.2) is 18.5 Å². The van der Waals surface area contributed by atoms with E-state index < -0.39 is 0 Å². The molecular formula is C18H24N4O2S. The van der Waals surface area contributed by atoms with Crippen LogP contribution in [0.3, 0.4) is 0 Å². The lowest BCUT2D eigenvalue weighted by Crippen LogP contribution is -2.25. The Balaban J connectivity index is 1.37. The van der Waals surface area contributed by atoms with E-state index in [1.54, 1.807) is 6.33 Å². The molecule has 0 unspecified atom stereocenters. The quantitative estimate of drug-likeness (QED) is 0.884. The zero-order chi connectivity index (χ0) is 17.1. The number of nitrogens with one attached hydrogen (secondary N) is 1. The summed E-state index contributed by atoms with van der Waals surface area (Å²) in [6, 6.07) is 4.38. The molecule has 134 valence electrons. The molecule has 0 radical (unpaired) electrons. The number of nitrogens with zero attached hydrogens (tertiary/aromatic N) is 3. The van der Waals surface area contributed by atoms with Crippen LogP contribution >= 0.6 is 11.3 Å². The zero-order valence-corrected chi connectivity index (χ0v) is 15.1. The first-order valence-corrected chi connectivity index (χ1v) is 10.0. The van der Waals surface area contributed by atoms with Gasteiger partial charge in [0.1, 0.15) is 6.33 Å². The topological polar surface area (TPSA) is 69.0 Å². The third kappa shape index (κ3) is 3.77. The highest BCUT2D eigenvalue weighted by Crippen LogP contribution is 2.33. The van der Waals surface area contributed by atoms with Crippen molar-refractivity contribution >= 4 is 17.2 Å². The van der Waals surface area contributed by atoms with Crippen LogP contribution in [0, 0.1) is 0 Å². The second-order valence-corrected chi connectivity index (χ2v) is 7.95. The van der Waals surface area contributed by atoms with Crippen LogP contribution in [-0.4, -0.2) is 27.3 Å². The molecule has 25 heavy (non-hydrogen) atoms. The molecule has 0 spiro atoms. The van der Waals surface area contributed by atoms with Gasteiger partial charge in [-0.15, -0.1) is 21.5 Å². The Bertz CT molecular complexity index is 714. The van der Waals surface area contributed by atoms with Crippen molar-refractivity contribution in [3.63, 3.8) is 0 Å². The summed E-state index contributed by atoms with van der Waals surface area (Å²) >= 11 is 1.53. The molecule has 0 bridgehead atoms. The summed E-state index contributed by atoms with van der Waals surface area (Å²) in [6.45, 7) is 1.24. The van der Waals surface area contributed by atoms with Crippen molar-refractivity contribution in [3.05, 3.63) is 34.0 Å². The lowest BCUT2D eigenvalue weighted by Gasteiger charge is -2.23. The second kappa shape index (κ2) is 7.66. The van der Waals surface area contributed by atoms with Crippen molar-refractivity contribution in [2.45, 2.75) is 63.6 Å². The Hall–Kier alpha value is -1.73. The summed E-state index contributed by atoms with van der Waals surface area (Å²) in [5.41, 5.74) is 0. The standard InChI is InChI=1S/C18H24N4O2S/c23-18(16-9-8-15(25-16)14-7-4-10-24-14)19-11-17-21-20-12-22(17)13-5-2-1-3-6-13/h8-9,12-14H,1-7,10-11H2,(H,19,23)/t14-/m1/s1. The van der Waals surface area contributed by atoms with E-state index in [9.17, 15) is 4.79 Å². The molecule has 1 amide bonds. The predicted octanol–water partition coefficient (Wildman–Crippen LogP) is 3.63. The van der Waals surface area contributed by atoms with Gasteiger partial charge in [-0.3, -0.25) is 4.79 Å². The molecule has 0 aromatic carbocycles. The number of ether oxygens (including phenoxy) is 1. The predicted molar refractivity (Wildman–Crippen MR) is 95.6 cm³/mol. The van der Waals surface area contributed by atoms with Gasteiger partial charge >= 0.3 is 0 Å². The van der Waals surface area contributed by atoms with Crippen molar-refractivity contribution in [2.24, 2.45) is 0 Å². The van der Waals surface area contributed by atoms with Gasteiger partial charge in [-0.2, -0.15) is 0 Å². The van der Waals surface area contributed by atoms with Crippen LogP contribution in [-0.2, 0) is 11.3 Å². The van der Waals surface area contributed by atoms with Crippen molar-refractivity contribution in [1.82, 2.24) is 20.1 Å². The average molecular weight is 360 g/mol. The molecule has 4 rings (SSSR count). The van der Waals surface area contributed by atoms with Crippen LogP contribution in [0.5, 0.6) is 0 Å². The van der Waals surface area contributed by atoms with E-state index in [0.717, 1.165) is 35.0 Å². The molecule has 1 saturated carbocycles. The van der Waals surface area contributed by atoms with E-state index >= 15 is 0 Å². The van der Waals surface area contributed by atoms with Crippen LogP contribution in [0.1, 0.15) is 77.5 Å². The fourth-order valence-electron chi connectivity index (χ4n) is 3.75. The molecule has 7 heteroatoms. The third-order valence-electron chi connectivity index (χ3n) is 5.12. The average Bonchev–Trinajstić information content (AvgIpc) is 3.41. The summed E-state index contributed by atoms with van der Waals surface area (Å²) in [6.07, 6.45) is 10.3. The molecule has 2 fully saturated rings. The van der Waals surface area contributed by atoms with E-state index in [1.165, 1.54) is 43.4 Å². The summed E-state index contributed by atoms with van der Waals surface area (Å²) in [7, 11) is 0. The van der Waals surface area contributed by atoms with Crippen LogP contribution in [0.25, 0.3) is 0 Å². The van der Waals surface area contributed by atoms with Gasteiger partial charge in [0.2, 0.25) is 0 Å². The van der Waals surface area contributed by atoms with Gasteiger partial charge < -0.3 is 14.6 Å². The fourth-order valence-corrected chi connectivity index (χ4v) is 4.76. The van der Waals surface area contributed by atoms with E-state index in [1.807, 2.05) is 12.1 Å². The highest BCUT2D eigenvalue weighted by molar-refractivity contribution is 7.14. The molecule has 3 heterocycles. The van der Waals surface area contributed by atoms with E-state index in [2.05, 4.69) is 20.1 Å². The normalized spacial score (nSPS) is 21.5. The highest BCUT2D eigenvalue weighted by atomic mass is 32.1. The molecule has 1 aliphatic carbocycles. The number of aromatic nitrogens is 3. The van der Waals surface area contributed by atoms with Crippen LogP contribution in [0.4, 0.5) is 0 Å². The van der Waals surface area contributed by atoms with Gasteiger partial charge in [0, 0.05) is 17.5 Å². The Morgan fingerprint density at radius 1 is 1.24 bits per heavy atom. The van der Waals surface area contributed by atoms with Gasteiger partial charge in [-0.1, -0.05) is 19.3 Å². The zero-order valence-electron chi connectivity index (χ0n) is 14.3. The number of carbonyl (C=O) groups excluding carboxylic acids is 1. The van der Waals surface area contributed by atoms with E-state index in [4.69, 9.17) is 4.74 Å². The summed E-state index contributed by atoms with van der Waals surface area (Å²) in [5.74, 6) is 0.795. The number of thiophene rings is 1. The number of hydrogen-bond donors (Lipinski definition) is 1.